The number of hydrogen-bond donors (Lipinski definition) is 0. The summed E-state index contributed by atoms with van der Waals surface area (Å²) in [6.07, 6.45) is 5.48. The van der Waals surface area contributed by atoms with E-state index in [1.54, 1.807) is 11.8 Å². The molecule has 2 nitrogen and oxygen atoms in total. The number of hydrogen-bond acceptors (Lipinski definition) is 2. The van der Waals surface area contributed by atoms with Crippen molar-refractivity contribution in [3.63, 3.8) is 0 Å². The number of amides is 1. The van der Waals surface area contributed by atoms with Crippen molar-refractivity contribution in [2.24, 2.45) is 0 Å². The zero-order valence-electron chi connectivity index (χ0n) is 8.00. The number of piperidine rings is 1. The van der Waals surface area contributed by atoms with Gasteiger partial charge in [0.1, 0.15) is 0 Å². The van der Waals surface area contributed by atoms with Gasteiger partial charge in [-0.15, -0.1) is 18.3 Å². The summed E-state index contributed by atoms with van der Waals surface area (Å²) in [5, 5.41) is 0. The molecule has 0 aliphatic carbocycles. The first-order valence-corrected chi connectivity index (χ1v) is 5.96. The van der Waals surface area contributed by atoms with E-state index in [0.29, 0.717) is 11.7 Å². The molecule has 1 aliphatic rings. The normalized spacial score (nSPS) is 17.1. The van der Waals surface area contributed by atoms with Gasteiger partial charge >= 0.3 is 0 Å². The van der Waals surface area contributed by atoms with Gasteiger partial charge < -0.3 is 4.90 Å². The van der Waals surface area contributed by atoms with E-state index in [4.69, 9.17) is 0 Å². The molecule has 0 atom stereocenters. The van der Waals surface area contributed by atoms with Crippen molar-refractivity contribution in [3.05, 3.63) is 12.7 Å². The van der Waals surface area contributed by atoms with Crippen LogP contribution in [0.5, 0.6) is 0 Å². The fraction of sp³-hybridized carbons (Fsp3) is 0.700. The fourth-order valence-corrected chi connectivity index (χ4v) is 2.11. The summed E-state index contributed by atoms with van der Waals surface area (Å²) in [6.45, 7) is 5.56. The lowest BCUT2D eigenvalue weighted by Gasteiger charge is -2.26. The van der Waals surface area contributed by atoms with E-state index in [9.17, 15) is 4.79 Å². The molecule has 1 heterocycles. The Labute approximate surface area is 84.4 Å². The molecule has 1 saturated heterocycles. The molecule has 0 aromatic rings. The molecule has 1 amide bonds. The molecule has 0 aromatic heterocycles. The van der Waals surface area contributed by atoms with E-state index in [1.165, 1.54) is 19.3 Å². The number of thioether (sulfide) groups is 1. The van der Waals surface area contributed by atoms with Gasteiger partial charge in [0, 0.05) is 18.8 Å². The highest BCUT2D eigenvalue weighted by Gasteiger charge is 2.15. The minimum absolute atomic E-state index is 0.298. The molecular formula is C10H17NOS. The Balaban J connectivity index is 2.17. The second kappa shape index (κ2) is 6.08. The molecule has 1 rings (SSSR count). The van der Waals surface area contributed by atoms with Crippen LogP contribution in [-0.4, -0.2) is 35.4 Å². The van der Waals surface area contributed by atoms with Gasteiger partial charge in [-0.3, -0.25) is 4.79 Å². The topological polar surface area (TPSA) is 20.3 Å². The number of carbonyl (C=O) groups is 1. The van der Waals surface area contributed by atoms with Gasteiger partial charge in [-0.25, -0.2) is 0 Å². The van der Waals surface area contributed by atoms with Gasteiger partial charge in [0.2, 0.25) is 5.91 Å². The van der Waals surface area contributed by atoms with Crippen LogP contribution < -0.4 is 0 Å². The van der Waals surface area contributed by atoms with Crippen molar-refractivity contribution < 1.29 is 4.79 Å². The average Bonchev–Trinajstić information content (AvgIpc) is 2.19. The van der Waals surface area contributed by atoms with Crippen LogP contribution in [0.3, 0.4) is 0 Å². The van der Waals surface area contributed by atoms with Crippen LogP contribution in [0.2, 0.25) is 0 Å². The SMILES string of the molecule is C=CCSCC(=O)N1CCCCC1. The van der Waals surface area contributed by atoms with Crippen LogP contribution in [0.25, 0.3) is 0 Å². The van der Waals surface area contributed by atoms with Gasteiger partial charge in [0.05, 0.1) is 5.75 Å². The number of likely N-dealkylation sites (tertiary alicyclic amines) is 1. The molecule has 3 heteroatoms. The monoisotopic (exact) mass is 199 g/mol. The number of carbonyl (C=O) groups excluding carboxylic acids is 1. The molecule has 74 valence electrons. The second-order valence-electron chi connectivity index (χ2n) is 3.25. The molecule has 0 spiro atoms. The standard InChI is InChI=1S/C10H17NOS/c1-2-8-13-9-10(12)11-6-4-3-5-7-11/h2H,1,3-9H2. The fourth-order valence-electron chi connectivity index (χ4n) is 1.46. The largest absolute Gasteiger partial charge is 0.342 e. The van der Waals surface area contributed by atoms with Crippen molar-refractivity contribution in [2.75, 3.05) is 24.6 Å². The van der Waals surface area contributed by atoms with E-state index in [0.717, 1.165) is 18.8 Å². The summed E-state index contributed by atoms with van der Waals surface area (Å²) < 4.78 is 0. The van der Waals surface area contributed by atoms with Crippen molar-refractivity contribution in [1.29, 1.82) is 0 Å². The zero-order chi connectivity index (χ0) is 9.52. The predicted octanol–water partition coefficient (Wildman–Crippen LogP) is 1.92. The van der Waals surface area contributed by atoms with Crippen molar-refractivity contribution in [2.45, 2.75) is 19.3 Å². The molecule has 0 aromatic carbocycles. The quantitative estimate of drug-likeness (QED) is 0.509. The van der Waals surface area contributed by atoms with Crippen LogP contribution in [0.15, 0.2) is 12.7 Å². The van der Waals surface area contributed by atoms with E-state index in [2.05, 4.69) is 6.58 Å². The van der Waals surface area contributed by atoms with Crippen LogP contribution in [0.1, 0.15) is 19.3 Å². The van der Waals surface area contributed by atoms with Gasteiger partial charge in [-0.2, -0.15) is 0 Å². The molecule has 0 N–H and O–H groups in total. The predicted molar refractivity (Wildman–Crippen MR) is 58.0 cm³/mol. The first kappa shape index (κ1) is 10.6. The molecule has 0 radical (unpaired) electrons. The maximum atomic E-state index is 11.5. The highest BCUT2D eigenvalue weighted by Crippen LogP contribution is 2.11. The van der Waals surface area contributed by atoms with Crippen LogP contribution in [0.4, 0.5) is 0 Å². The summed E-state index contributed by atoms with van der Waals surface area (Å²) in [7, 11) is 0. The summed E-state index contributed by atoms with van der Waals surface area (Å²) in [5.74, 6) is 1.79. The Morgan fingerprint density at radius 1 is 1.38 bits per heavy atom. The van der Waals surface area contributed by atoms with Gasteiger partial charge in [0.15, 0.2) is 0 Å². The maximum absolute atomic E-state index is 11.5. The number of rotatable bonds is 4. The molecule has 1 fully saturated rings. The van der Waals surface area contributed by atoms with Gasteiger partial charge in [-0.05, 0) is 19.3 Å². The summed E-state index contributed by atoms with van der Waals surface area (Å²) in [5.41, 5.74) is 0. The third kappa shape index (κ3) is 3.85. The van der Waals surface area contributed by atoms with E-state index in [1.807, 2.05) is 11.0 Å². The zero-order valence-corrected chi connectivity index (χ0v) is 8.81. The maximum Gasteiger partial charge on any atom is 0.232 e. The molecule has 13 heavy (non-hydrogen) atoms. The molecule has 1 aliphatic heterocycles. The highest BCUT2D eigenvalue weighted by molar-refractivity contribution is 8.00. The van der Waals surface area contributed by atoms with Crippen molar-refractivity contribution in [1.82, 2.24) is 4.90 Å². The molecule has 0 unspecified atom stereocenters. The lowest BCUT2D eigenvalue weighted by Crippen LogP contribution is -2.36. The van der Waals surface area contributed by atoms with E-state index < -0.39 is 0 Å². The summed E-state index contributed by atoms with van der Waals surface area (Å²) in [4.78, 5) is 13.5. The molecule has 0 saturated carbocycles. The van der Waals surface area contributed by atoms with Gasteiger partial charge in [0.25, 0.3) is 0 Å². The lowest BCUT2D eigenvalue weighted by molar-refractivity contribution is -0.129. The van der Waals surface area contributed by atoms with Crippen LogP contribution >= 0.6 is 11.8 Å². The van der Waals surface area contributed by atoms with Crippen LogP contribution in [0, 0.1) is 0 Å². The Hall–Kier alpha value is -0.440. The third-order valence-electron chi connectivity index (χ3n) is 2.17. The van der Waals surface area contributed by atoms with Crippen molar-refractivity contribution >= 4 is 17.7 Å². The second-order valence-corrected chi connectivity index (χ2v) is 4.28. The Bertz CT molecular complexity index is 176. The summed E-state index contributed by atoms with van der Waals surface area (Å²) in [6, 6.07) is 0. The summed E-state index contributed by atoms with van der Waals surface area (Å²) >= 11 is 1.65. The van der Waals surface area contributed by atoms with Gasteiger partial charge in [-0.1, -0.05) is 6.08 Å². The Morgan fingerprint density at radius 2 is 2.08 bits per heavy atom. The van der Waals surface area contributed by atoms with Crippen LogP contribution in [-0.2, 0) is 4.79 Å². The Morgan fingerprint density at radius 3 is 2.69 bits per heavy atom. The highest BCUT2D eigenvalue weighted by atomic mass is 32.2. The number of nitrogens with zero attached hydrogens (tertiary/aromatic N) is 1. The smallest absolute Gasteiger partial charge is 0.232 e. The van der Waals surface area contributed by atoms with E-state index in [-0.39, 0.29) is 0 Å². The first-order valence-electron chi connectivity index (χ1n) is 4.81. The van der Waals surface area contributed by atoms with E-state index >= 15 is 0 Å². The minimum atomic E-state index is 0.298. The molecule has 0 bridgehead atoms. The van der Waals surface area contributed by atoms with Crippen molar-refractivity contribution in [3.8, 4) is 0 Å². The first-order chi connectivity index (χ1) is 6.34. The lowest BCUT2D eigenvalue weighted by atomic mass is 10.1. The third-order valence-corrected chi connectivity index (χ3v) is 3.09. The average molecular weight is 199 g/mol. The Kier molecular flexibility index (Phi) is 4.98. The minimum Gasteiger partial charge on any atom is -0.342 e. The molecular weight excluding hydrogens is 182 g/mol.